The minimum absolute atomic E-state index is 0.0500. The molecule has 0 radical (unpaired) electrons. The van der Waals surface area contributed by atoms with Gasteiger partial charge in [-0.15, -0.1) is 0 Å². The van der Waals surface area contributed by atoms with Gasteiger partial charge in [-0.3, -0.25) is 4.79 Å². The van der Waals surface area contributed by atoms with Crippen LogP contribution in [0.4, 0.5) is 5.69 Å². The standard InChI is InChI=1S/C18H20ClNO/c1-3-15-6-4-5-13(2)18(15)20-17(21)12-9-14-7-10-16(19)11-8-14/h4-8,10-11H,3,9,12H2,1-2H3,(H,20,21). The molecule has 110 valence electrons. The van der Waals surface area contributed by atoms with Gasteiger partial charge in [-0.05, 0) is 48.6 Å². The van der Waals surface area contributed by atoms with Gasteiger partial charge in [-0.2, -0.15) is 0 Å². The van der Waals surface area contributed by atoms with E-state index in [-0.39, 0.29) is 5.91 Å². The number of anilines is 1. The zero-order chi connectivity index (χ0) is 15.2. The van der Waals surface area contributed by atoms with Crippen LogP contribution in [-0.4, -0.2) is 5.91 Å². The summed E-state index contributed by atoms with van der Waals surface area (Å²) in [5.74, 6) is 0.0500. The number of hydrogen-bond acceptors (Lipinski definition) is 1. The number of amides is 1. The Labute approximate surface area is 131 Å². The first-order valence-electron chi connectivity index (χ1n) is 7.23. The summed E-state index contributed by atoms with van der Waals surface area (Å²) in [6.45, 7) is 4.12. The summed E-state index contributed by atoms with van der Waals surface area (Å²) in [4.78, 5) is 12.1. The minimum atomic E-state index is 0.0500. The molecule has 0 unspecified atom stereocenters. The number of halogens is 1. The number of para-hydroxylation sites is 1. The Morgan fingerprint density at radius 2 is 1.86 bits per heavy atom. The average Bonchev–Trinajstić information content (AvgIpc) is 2.49. The lowest BCUT2D eigenvalue weighted by Crippen LogP contribution is -2.14. The van der Waals surface area contributed by atoms with Crippen molar-refractivity contribution in [3.63, 3.8) is 0 Å². The van der Waals surface area contributed by atoms with Crippen LogP contribution in [0.5, 0.6) is 0 Å². The molecule has 0 spiro atoms. The molecular formula is C18H20ClNO. The van der Waals surface area contributed by atoms with E-state index in [1.165, 1.54) is 5.56 Å². The van der Waals surface area contributed by atoms with E-state index in [9.17, 15) is 4.79 Å². The lowest BCUT2D eigenvalue weighted by Gasteiger charge is -2.13. The van der Waals surface area contributed by atoms with E-state index >= 15 is 0 Å². The van der Waals surface area contributed by atoms with Crippen LogP contribution in [-0.2, 0) is 17.6 Å². The van der Waals surface area contributed by atoms with Crippen molar-refractivity contribution in [2.75, 3.05) is 5.32 Å². The zero-order valence-electron chi connectivity index (χ0n) is 12.4. The highest BCUT2D eigenvalue weighted by Crippen LogP contribution is 2.21. The van der Waals surface area contributed by atoms with Crippen LogP contribution in [0.15, 0.2) is 42.5 Å². The summed E-state index contributed by atoms with van der Waals surface area (Å²) < 4.78 is 0. The predicted molar refractivity (Wildman–Crippen MR) is 89.0 cm³/mol. The molecule has 0 atom stereocenters. The maximum Gasteiger partial charge on any atom is 0.224 e. The fraction of sp³-hybridized carbons (Fsp3) is 0.278. The molecule has 1 amide bonds. The first-order chi connectivity index (χ1) is 10.1. The first-order valence-corrected chi connectivity index (χ1v) is 7.60. The van der Waals surface area contributed by atoms with Crippen molar-refractivity contribution < 1.29 is 4.79 Å². The molecule has 2 nitrogen and oxygen atoms in total. The molecule has 1 N–H and O–H groups in total. The summed E-state index contributed by atoms with van der Waals surface area (Å²) >= 11 is 5.85. The molecule has 0 bridgehead atoms. The van der Waals surface area contributed by atoms with Crippen molar-refractivity contribution in [2.45, 2.75) is 33.1 Å². The highest BCUT2D eigenvalue weighted by molar-refractivity contribution is 6.30. The summed E-state index contributed by atoms with van der Waals surface area (Å²) in [5.41, 5.74) is 4.36. The Morgan fingerprint density at radius 3 is 2.52 bits per heavy atom. The molecule has 2 rings (SSSR count). The lowest BCUT2D eigenvalue weighted by molar-refractivity contribution is -0.116. The summed E-state index contributed by atoms with van der Waals surface area (Å²) in [7, 11) is 0. The van der Waals surface area contributed by atoms with Crippen LogP contribution in [0.25, 0.3) is 0 Å². The van der Waals surface area contributed by atoms with Crippen LogP contribution >= 0.6 is 11.6 Å². The number of rotatable bonds is 5. The Hall–Kier alpha value is -1.80. The molecule has 3 heteroatoms. The van der Waals surface area contributed by atoms with Crippen LogP contribution in [0.2, 0.25) is 5.02 Å². The van der Waals surface area contributed by atoms with Crippen LogP contribution < -0.4 is 5.32 Å². The molecule has 0 fully saturated rings. The van der Waals surface area contributed by atoms with Crippen molar-refractivity contribution >= 4 is 23.2 Å². The van der Waals surface area contributed by atoms with E-state index in [1.807, 2.05) is 43.3 Å². The summed E-state index contributed by atoms with van der Waals surface area (Å²) in [6.07, 6.45) is 2.10. The van der Waals surface area contributed by atoms with Gasteiger partial charge in [0, 0.05) is 17.1 Å². The van der Waals surface area contributed by atoms with Gasteiger partial charge < -0.3 is 5.32 Å². The van der Waals surface area contributed by atoms with E-state index in [2.05, 4.69) is 18.3 Å². The SMILES string of the molecule is CCc1cccc(C)c1NC(=O)CCc1ccc(Cl)cc1. The molecule has 0 aliphatic heterocycles. The van der Waals surface area contributed by atoms with E-state index in [1.54, 1.807) is 0 Å². The third-order valence-corrected chi connectivity index (χ3v) is 3.81. The molecule has 21 heavy (non-hydrogen) atoms. The predicted octanol–water partition coefficient (Wildman–Crippen LogP) is 4.78. The Bertz CT molecular complexity index is 620. The maximum absolute atomic E-state index is 12.1. The average molecular weight is 302 g/mol. The van der Waals surface area contributed by atoms with Gasteiger partial charge in [-0.25, -0.2) is 0 Å². The van der Waals surface area contributed by atoms with E-state index in [4.69, 9.17) is 11.6 Å². The second kappa shape index (κ2) is 7.28. The fourth-order valence-corrected chi connectivity index (χ4v) is 2.44. The molecule has 0 saturated carbocycles. The Kier molecular flexibility index (Phi) is 5.40. The molecule has 2 aromatic carbocycles. The topological polar surface area (TPSA) is 29.1 Å². The quantitative estimate of drug-likeness (QED) is 0.846. The van der Waals surface area contributed by atoms with Crippen molar-refractivity contribution in [1.29, 1.82) is 0 Å². The number of carbonyl (C=O) groups excluding carboxylic acids is 1. The van der Waals surface area contributed by atoms with Gasteiger partial charge in [-0.1, -0.05) is 48.9 Å². The number of benzene rings is 2. The largest absolute Gasteiger partial charge is 0.326 e. The Balaban J connectivity index is 1.97. The van der Waals surface area contributed by atoms with E-state index in [0.717, 1.165) is 34.7 Å². The Morgan fingerprint density at radius 1 is 1.14 bits per heavy atom. The van der Waals surface area contributed by atoms with E-state index < -0.39 is 0 Å². The van der Waals surface area contributed by atoms with Crippen molar-refractivity contribution in [2.24, 2.45) is 0 Å². The van der Waals surface area contributed by atoms with Crippen LogP contribution in [0, 0.1) is 6.92 Å². The van der Waals surface area contributed by atoms with Gasteiger partial charge in [0.1, 0.15) is 0 Å². The molecule has 2 aromatic rings. The third kappa shape index (κ3) is 4.33. The van der Waals surface area contributed by atoms with Crippen LogP contribution in [0.3, 0.4) is 0 Å². The minimum Gasteiger partial charge on any atom is -0.326 e. The van der Waals surface area contributed by atoms with Gasteiger partial charge in [0.25, 0.3) is 0 Å². The highest BCUT2D eigenvalue weighted by Gasteiger charge is 2.08. The zero-order valence-corrected chi connectivity index (χ0v) is 13.2. The number of carbonyl (C=O) groups is 1. The smallest absolute Gasteiger partial charge is 0.224 e. The molecule has 0 aromatic heterocycles. The lowest BCUT2D eigenvalue weighted by atomic mass is 10.1. The summed E-state index contributed by atoms with van der Waals surface area (Å²) in [6, 6.07) is 13.7. The van der Waals surface area contributed by atoms with Gasteiger partial charge >= 0.3 is 0 Å². The molecule has 0 aliphatic rings. The van der Waals surface area contributed by atoms with Crippen molar-refractivity contribution in [3.8, 4) is 0 Å². The highest BCUT2D eigenvalue weighted by atomic mass is 35.5. The van der Waals surface area contributed by atoms with Crippen molar-refractivity contribution in [1.82, 2.24) is 0 Å². The molecular weight excluding hydrogens is 282 g/mol. The van der Waals surface area contributed by atoms with Gasteiger partial charge in [0.2, 0.25) is 5.91 Å². The first kappa shape index (κ1) is 15.6. The molecule has 0 saturated heterocycles. The maximum atomic E-state index is 12.1. The monoisotopic (exact) mass is 301 g/mol. The van der Waals surface area contributed by atoms with E-state index in [0.29, 0.717) is 6.42 Å². The number of hydrogen-bond donors (Lipinski definition) is 1. The van der Waals surface area contributed by atoms with Crippen molar-refractivity contribution in [3.05, 3.63) is 64.2 Å². The third-order valence-electron chi connectivity index (χ3n) is 3.56. The number of nitrogens with one attached hydrogen (secondary N) is 1. The molecule has 0 heterocycles. The molecule has 0 aliphatic carbocycles. The second-order valence-electron chi connectivity index (χ2n) is 5.14. The second-order valence-corrected chi connectivity index (χ2v) is 5.57. The van der Waals surface area contributed by atoms with Crippen LogP contribution in [0.1, 0.15) is 30.0 Å². The summed E-state index contributed by atoms with van der Waals surface area (Å²) in [5, 5.41) is 3.76. The fourth-order valence-electron chi connectivity index (χ4n) is 2.31. The number of aryl methyl sites for hydroxylation is 3. The normalized spacial score (nSPS) is 10.4. The van der Waals surface area contributed by atoms with Gasteiger partial charge in [0.05, 0.1) is 0 Å². The van der Waals surface area contributed by atoms with Gasteiger partial charge in [0.15, 0.2) is 0 Å².